The molecule has 1 heterocycles. The van der Waals surface area contributed by atoms with Crippen LogP contribution in [0, 0.1) is 0 Å². The number of aryl methyl sites for hydroxylation is 1. The van der Waals surface area contributed by atoms with Crippen LogP contribution in [-0.2, 0) is 11.2 Å². The third kappa shape index (κ3) is 1.93. The van der Waals surface area contributed by atoms with Gasteiger partial charge in [-0.25, -0.2) is 4.79 Å². The first kappa shape index (κ1) is 12.8. The fraction of sp³-hybridized carbons (Fsp3) is 0.308. The van der Waals surface area contributed by atoms with E-state index in [1.54, 1.807) is 6.07 Å². The van der Waals surface area contributed by atoms with Gasteiger partial charge in [-0.15, -0.1) is 0 Å². The highest BCUT2D eigenvalue weighted by atomic mass is 35.5. The SMILES string of the molecule is CCc1cc2cc(Cl)c(OC)c(C(=O)OC)c2o1. The number of fused-ring (bicyclic) bond motifs is 1. The number of methoxy groups -OCH3 is 2. The van der Waals surface area contributed by atoms with E-state index in [0.29, 0.717) is 10.6 Å². The second-order valence-corrected chi connectivity index (χ2v) is 4.15. The Kier molecular flexibility index (Phi) is 3.48. The number of rotatable bonds is 3. The van der Waals surface area contributed by atoms with E-state index in [-0.39, 0.29) is 11.3 Å². The number of halogens is 1. The summed E-state index contributed by atoms with van der Waals surface area (Å²) in [6.45, 7) is 1.97. The average Bonchev–Trinajstić information content (AvgIpc) is 2.78. The van der Waals surface area contributed by atoms with E-state index in [0.717, 1.165) is 17.6 Å². The minimum Gasteiger partial charge on any atom is -0.494 e. The lowest BCUT2D eigenvalue weighted by molar-refractivity contribution is 0.0598. The zero-order chi connectivity index (χ0) is 13.3. The van der Waals surface area contributed by atoms with Crippen LogP contribution in [0.15, 0.2) is 16.5 Å². The van der Waals surface area contributed by atoms with Crippen LogP contribution in [0.5, 0.6) is 5.75 Å². The molecule has 2 rings (SSSR count). The van der Waals surface area contributed by atoms with Crippen molar-refractivity contribution in [1.82, 2.24) is 0 Å². The third-order valence-corrected chi connectivity index (χ3v) is 2.99. The van der Waals surface area contributed by atoms with Crippen molar-refractivity contribution in [2.75, 3.05) is 14.2 Å². The van der Waals surface area contributed by atoms with Gasteiger partial charge < -0.3 is 13.9 Å². The van der Waals surface area contributed by atoms with Crippen molar-refractivity contribution >= 4 is 28.5 Å². The predicted octanol–water partition coefficient (Wildman–Crippen LogP) is 3.44. The van der Waals surface area contributed by atoms with Crippen molar-refractivity contribution < 1.29 is 18.7 Å². The maximum Gasteiger partial charge on any atom is 0.345 e. The Labute approximate surface area is 109 Å². The second-order valence-electron chi connectivity index (χ2n) is 3.74. The summed E-state index contributed by atoms with van der Waals surface area (Å²) in [4.78, 5) is 11.8. The second kappa shape index (κ2) is 4.90. The number of esters is 1. The first-order chi connectivity index (χ1) is 8.62. The molecular weight excluding hydrogens is 256 g/mol. The fourth-order valence-corrected chi connectivity index (χ4v) is 2.14. The van der Waals surface area contributed by atoms with Gasteiger partial charge in [0.05, 0.1) is 19.2 Å². The summed E-state index contributed by atoms with van der Waals surface area (Å²) in [6, 6.07) is 3.57. The first-order valence-corrected chi connectivity index (χ1v) is 5.87. The standard InChI is InChI=1S/C13H13ClO4/c1-4-8-5-7-6-9(14)12(16-2)10(11(7)18-8)13(15)17-3/h5-6H,4H2,1-3H3. The highest BCUT2D eigenvalue weighted by Crippen LogP contribution is 2.37. The minimum absolute atomic E-state index is 0.224. The summed E-state index contributed by atoms with van der Waals surface area (Å²) < 4.78 is 15.5. The highest BCUT2D eigenvalue weighted by molar-refractivity contribution is 6.34. The zero-order valence-electron chi connectivity index (χ0n) is 10.4. The molecule has 1 aromatic carbocycles. The van der Waals surface area contributed by atoms with Gasteiger partial charge >= 0.3 is 5.97 Å². The van der Waals surface area contributed by atoms with Crippen LogP contribution in [0.3, 0.4) is 0 Å². The quantitative estimate of drug-likeness (QED) is 0.800. The fourth-order valence-electron chi connectivity index (χ4n) is 1.85. The van der Waals surface area contributed by atoms with E-state index < -0.39 is 5.97 Å². The summed E-state index contributed by atoms with van der Waals surface area (Å²) >= 11 is 6.09. The molecule has 0 aliphatic heterocycles. The molecule has 0 aliphatic carbocycles. The van der Waals surface area contributed by atoms with E-state index in [1.807, 2.05) is 13.0 Å². The van der Waals surface area contributed by atoms with Crippen molar-refractivity contribution in [2.24, 2.45) is 0 Å². The number of carbonyl (C=O) groups is 1. The highest BCUT2D eigenvalue weighted by Gasteiger charge is 2.23. The van der Waals surface area contributed by atoms with Crippen LogP contribution in [0.2, 0.25) is 5.02 Å². The van der Waals surface area contributed by atoms with E-state index >= 15 is 0 Å². The van der Waals surface area contributed by atoms with Crippen LogP contribution in [0.4, 0.5) is 0 Å². The van der Waals surface area contributed by atoms with Crippen molar-refractivity contribution in [1.29, 1.82) is 0 Å². The minimum atomic E-state index is -0.531. The Morgan fingerprint density at radius 2 is 2.11 bits per heavy atom. The van der Waals surface area contributed by atoms with Crippen LogP contribution < -0.4 is 4.74 Å². The lowest BCUT2D eigenvalue weighted by Crippen LogP contribution is -2.05. The summed E-state index contributed by atoms with van der Waals surface area (Å²) in [7, 11) is 2.75. The van der Waals surface area contributed by atoms with Gasteiger partial charge in [0, 0.05) is 11.8 Å². The molecule has 0 saturated carbocycles. The molecule has 0 amide bonds. The van der Waals surface area contributed by atoms with Gasteiger partial charge in [0.2, 0.25) is 0 Å². The topological polar surface area (TPSA) is 48.7 Å². The van der Waals surface area contributed by atoms with Gasteiger partial charge in [-0.2, -0.15) is 0 Å². The van der Waals surface area contributed by atoms with E-state index in [2.05, 4.69) is 0 Å². The number of hydrogen-bond acceptors (Lipinski definition) is 4. The van der Waals surface area contributed by atoms with Gasteiger partial charge in [-0.05, 0) is 12.1 Å². The van der Waals surface area contributed by atoms with Crippen LogP contribution in [0.25, 0.3) is 11.0 Å². The van der Waals surface area contributed by atoms with Crippen molar-refractivity contribution in [3.8, 4) is 5.75 Å². The average molecular weight is 269 g/mol. The molecule has 0 aliphatic rings. The van der Waals surface area contributed by atoms with Crippen molar-refractivity contribution in [3.63, 3.8) is 0 Å². The normalized spacial score (nSPS) is 10.7. The maximum atomic E-state index is 11.8. The molecule has 0 radical (unpaired) electrons. The van der Waals surface area contributed by atoms with Gasteiger partial charge in [0.1, 0.15) is 11.3 Å². The van der Waals surface area contributed by atoms with E-state index in [4.69, 9.17) is 25.5 Å². The summed E-state index contributed by atoms with van der Waals surface area (Å²) in [5, 5.41) is 1.12. The van der Waals surface area contributed by atoms with Gasteiger partial charge in [-0.1, -0.05) is 18.5 Å². The third-order valence-electron chi connectivity index (χ3n) is 2.71. The lowest BCUT2D eigenvalue weighted by atomic mass is 10.1. The van der Waals surface area contributed by atoms with Crippen LogP contribution in [0.1, 0.15) is 23.0 Å². The Morgan fingerprint density at radius 1 is 1.39 bits per heavy atom. The Morgan fingerprint density at radius 3 is 2.67 bits per heavy atom. The smallest absolute Gasteiger partial charge is 0.345 e. The van der Waals surface area contributed by atoms with Gasteiger partial charge in [0.15, 0.2) is 11.3 Å². The molecule has 0 spiro atoms. The van der Waals surface area contributed by atoms with E-state index in [1.165, 1.54) is 14.2 Å². The summed E-state index contributed by atoms with van der Waals surface area (Å²) in [6.07, 6.45) is 0.731. The molecule has 96 valence electrons. The molecule has 0 saturated heterocycles. The zero-order valence-corrected chi connectivity index (χ0v) is 11.1. The monoisotopic (exact) mass is 268 g/mol. The lowest BCUT2D eigenvalue weighted by Gasteiger charge is -2.09. The molecule has 18 heavy (non-hydrogen) atoms. The summed E-state index contributed by atoms with van der Waals surface area (Å²) in [5.41, 5.74) is 0.669. The van der Waals surface area contributed by atoms with Crippen molar-refractivity contribution in [2.45, 2.75) is 13.3 Å². The molecule has 2 aromatic rings. The maximum absolute atomic E-state index is 11.8. The molecule has 5 heteroatoms. The Balaban J connectivity index is 2.81. The van der Waals surface area contributed by atoms with Gasteiger partial charge in [-0.3, -0.25) is 0 Å². The molecular formula is C13H13ClO4. The number of benzene rings is 1. The largest absolute Gasteiger partial charge is 0.494 e. The molecule has 0 bridgehead atoms. The van der Waals surface area contributed by atoms with E-state index in [9.17, 15) is 4.79 Å². The number of furan rings is 1. The first-order valence-electron chi connectivity index (χ1n) is 5.49. The Bertz CT molecular complexity index is 601. The van der Waals surface area contributed by atoms with Crippen molar-refractivity contribution in [3.05, 3.63) is 28.5 Å². The van der Waals surface area contributed by atoms with Crippen LogP contribution in [-0.4, -0.2) is 20.2 Å². The predicted molar refractivity (Wildman–Crippen MR) is 68.5 cm³/mol. The summed E-state index contributed by atoms with van der Waals surface area (Å²) in [5.74, 6) is 0.517. The molecule has 0 unspecified atom stereocenters. The number of ether oxygens (including phenoxy) is 2. The van der Waals surface area contributed by atoms with Crippen LogP contribution >= 0.6 is 11.6 Å². The van der Waals surface area contributed by atoms with Gasteiger partial charge in [0.25, 0.3) is 0 Å². The Hall–Kier alpha value is -1.68. The molecule has 0 fully saturated rings. The molecule has 4 nitrogen and oxygen atoms in total. The molecule has 1 aromatic heterocycles. The molecule has 0 atom stereocenters. The number of carbonyl (C=O) groups excluding carboxylic acids is 1. The number of hydrogen-bond donors (Lipinski definition) is 0. The molecule has 0 N–H and O–H groups in total.